The minimum atomic E-state index is -0.406. The van der Waals surface area contributed by atoms with E-state index in [2.05, 4.69) is 20.8 Å². The Labute approximate surface area is 188 Å². The van der Waals surface area contributed by atoms with Crippen molar-refractivity contribution in [3.63, 3.8) is 0 Å². The minimum absolute atomic E-state index is 0.108. The van der Waals surface area contributed by atoms with Crippen LogP contribution in [0.15, 0.2) is 0 Å². The van der Waals surface area contributed by atoms with E-state index in [1.165, 1.54) is 32.1 Å². The van der Waals surface area contributed by atoms with Crippen LogP contribution in [0.25, 0.3) is 0 Å². The smallest absolute Gasteiger partial charge is 0.173 e. The van der Waals surface area contributed by atoms with Gasteiger partial charge in [-0.1, -0.05) is 6.92 Å². The van der Waals surface area contributed by atoms with Crippen molar-refractivity contribution in [3.05, 3.63) is 0 Å². The van der Waals surface area contributed by atoms with Gasteiger partial charge in [-0.15, -0.1) is 0 Å². The van der Waals surface area contributed by atoms with Gasteiger partial charge >= 0.3 is 0 Å². The molecule has 5 nitrogen and oxygen atoms in total. The normalized spacial score (nSPS) is 49.5. The number of rotatable bonds is 5. The Morgan fingerprint density at radius 3 is 2.35 bits per heavy atom. The van der Waals surface area contributed by atoms with Crippen LogP contribution < -0.4 is 0 Å². The van der Waals surface area contributed by atoms with Gasteiger partial charge in [0.15, 0.2) is 11.6 Å². The van der Waals surface area contributed by atoms with Crippen LogP contribution >= 0.6 is 0 Å². The summed E-state index contributed by atoms with van der Waals surface area (Å²) in [5.74, 6) is 2.04. The topological polar surface area (TPSA) is 46.2 Å². The molecule has 5 aliphatic rings. The molecule has 0 aromatic carbocycles. The fraction of sp³-hybridized carbons (Fsp3) is 1.00. The molecule has 0 aromatic heterocycles. The van der Waals surface area contributed by atoms with E-state index in [-0.39, 0.29) is 22.7 Å². The molecule has 5 heteroatoms. The van der Waals surface area contributed by atoms with E-state index in [1.807, 2.05) is 14.2 Å². The van der Waals surface area contributed by atoms with Crippen molar-refractivity contribution in [1.29, 1.82) is 0 Å². The summed E-state index contributed by atoms with van der Waals surface area (Å²) in [6.07, 6.45) is 10.8. The molecular formula is C26H44O5. The first-order chi connectivity index (χ1) is 14.9. The third-order valence-corrected chi connectivity index (χ3v) is 10.9. The molecule has 5 fully saturated rings. The molecule has 8 atom stereocenters. The fourth-order valence-corrected chi connectivity index (χ4v) is 9.52. The second kappa shape index (κ2) is 7.94. The van der Waals surface area contributed by atoms with Crippen molar-refractivity contribution in [2.24, 2.45) is 34.5 Å². The standard InChI is InChI=1S/C26H44O5/c1-6-29-26(28-5)12-10-21-20-8-7-19-17-24(30-15-16-31-24)13-14-25(19,18(2)27-4)22(20)9-11-23(21,26)3/h18-22H,6-17H2,1-5H3. The second-order valence-corrected chi connectivity index (χ2v) is 11.3. The third kappa shape index (κ3) is 2.99. The molecule has 4 saturated carbocycles. The molecule has 0 radical (unpaired) electrons. The van der Waals surface area contributed by atoms with Crippen molar-refractivity contribution in [2.75, 3.05) is 34.0 Å². The summed E-state index contributed by atoms with van der Waals surface area (Å²) < 4.78 is 31.1. The maximum absolute atomic E-state index is 6.38. The van der Waals surface area contributed by atoms with Crippen LogP contribution in [0.3, 0.4) is 0 Å². The Kier molecular flexibility index (Phi) is 5.78. The van der Waals surface area contributed by atoms with E-state index in [1.54, 1.807) is 0 Å². The summed E-state index contributed by atoms with van der Waals surface area (Å²) in [6, 6.07) is 0. The first-order valence-electron chi connectivity index (χ1n) is 12.9. The van der Waals surface area contributed by atoms with Crippen LogP contribution in [0, 0.1) is 34.5 Å². The van der Waals surface area contributed by atoms with Gasteiger partial charge in [0.1, 0.15) is 0 Å². The highest BCUT2D eigenvalue weighted by atomic mass is 16.7. The predicted molar refractivity (Wildman–Crippen MR) is 119 cm³/mol. The van der Waals surface area contributed by atoms with E-state index in [0.717, 1.165) is 51.4 Å². The second-order valence-electron chi connectivity index (χ2n) is 11.3. The number of methoxy groups -OCH3 is 2. The van der Waals surface area contributed by atoms with Crippen LogP contribution in [0.5, 0.6) is 0 Å². The molecule has 1 heterocycles. The van der Waals surface area contributed by atoms with Gasteiger partial charge in [0.05, 0.1) is 19.3 Å². The summed E-state index contributed by atoms with van der Waals surface area (Å²) in [4.78, 5) is 0. The highest BCUT2D eigenvalue weighted by molar-refractivity contribution is 5.15. The Morgan fingerprint density at radius 1 is 0.935 bits per heavy atom. The lowest BCUT2D eigenvalue weighted by Gasteiger charge is -2.64. The molecule has 1 saturated heterocycles. The average molecular weight is 437 g/mol. The lowest BCUT2D eigenvalue weighted by molar-refractivity contribution is -0.298. The van der Waals surface area contributed by atoms with Crippen LogP contribution in [-0.2, 0) is 23.7 Å². The Morgan fingerprint density at radius 2 is 1.68 bits per heavy atom. The minimum Gasteiger partial charge on any atom is -0.381 e. The fourth-order valence-electron chi connectivity index (χ4n) is 9.52. The monoisotopic (exact) mass is 436 g/mol. The Bertz CT molecular complexity index is 662. The van der Waals surface area contributed by atoms with Crippen molar-refractivity contribution >= 4 is 0 Å². The molecule has 178 valence electrons. The number of fused-ring (bicyclic) bond motifs is 5. The lowest BCUT2D eigenvalue weighted by Crippen LogP contribution is -2.62. The first kappa shape index (κ1) is 22.6. The van der Waals surface area contributed by atoms with Crippen molar-refractivity contribution < 1.29 is 23.7 Å². The van der Waals surface area contributed by atoms with Gasteiger partial charge in [-0.3, -0.25) is 0 Å². The Balaban J connectivity index is 1.47. The van der Waals surface area contributed by atoms with Crippen molar-refractivity contribution in [2.45, 2.75) is 96.2 Å². The first-order valence-corrected chi connectivity index (χ1v) is 12.9. The van der Waals surface area contributed by atoms with Gasteiger partial charge in [0, 0.05) is 50.9 Å². The molecular weight excluding hydrogens is 392 g/mol. The molecule has 0 bridgehead atoms. The van der Waals surface area contributed by atoms with Gasteiger partial charge < -0.3 is 23.7 Å². The van der Waals surface area contributed by atoms with Crippen LogP contribution in [0.4, 0.5) is 0 Å². The third-order valence-electron chi connectivity index (χ3n) is 10.9. The van der Waals surface area contributed by atoms with Gasteiger partial charge in [-0.2, -0.15) is 0 Å². The molecule has 1 aliphatic heterocycles. The molecule has 31 heavy (non-hydrogen) atoms. The zero-order valence-electron chi connectivity index (χ0n) is 20.4. The molecule has 5 rings (SSSR count). The highest BCUT2D eigenvalue weighted by Crippen LogP contribution is 2.70. The van der Waals surface area contributed by atoms with Crippen molar-refractivity contribution in [1.82, 2.24) is 0 Å². The maximum atomic E-state index is 6.38. The van der Waals surface area contributed by atoms with Crippen LogP contribution in [0.1, 0.15) is 78.6 Å². The highest BCUT2D eigenvalue weighted by Gasteiger charge is 2.68. The lowest BCUT2D eigenvalue weighted by atomic mass is 9.43. The Hall–Kier alpha value is -0.200. The van der Waals surface area contributed by atoms with E-state index in [0.29, 0.717) is 17.8 Å². The zero-order valence-corrected chi connectivity index (χ0v) is 20.4. The summed E-state index contributed by atoms with van der Waals surface area (Å²) in [7, 11) is 3.78. The van der Waals surface area contributed by atoms with Crippen LogP contribution in [0.2, 0.25) is 0 Å². The zero-order chi connectivity index (χ0) is 21.9. The molecule has 0 amide bonds. The predicted octanol–water partition coefficient (Wildman–Crippen LogP) is 5.17. The summed E-state index contributed by atoms with van der Waals surface area (Å²) >= 11 is 0. The van der Waals surface area contributed by atoms with E-state index in [4.69, 9.17) is 23.7 Å². The summed E-state index contributed by atoms with van der Waals surface area (Å²) in [5.41, 5.74) is 0.348. The van der Waals surface area contributed by atoms with Crippen LogP contribution in [-0.4, -0.2) is 51.7 Å². The van der Waals surface area contributed by atoms with E-state index in [9.17, 15) is 0 Å². The maximum Gasteiger partial charge on any atom is 0.173 e. The molecule has 8 unspecified atom stereocenters. The van der Waals surface area contributed by atoms with Gasteiger partial charge in [-0.25, -0.2) is 0 Å². The van der Waals surface area contributed by atoms with Gasteiger partial charge in [0.2, 0.25) is 0 Å². The van der Waals surface area contributed by atoms with E-state index < -0.39 is 5.79 Å². The van der Waals surface area contributed by atoms with Gasteiger partial charge in [0.25, 0.3) is 0 Å². The molecule has 4 aliphatic carbocycles. The molecule has 0 N–H and O–H groups in total. The number of ether oxygens (including phenoxy) is 5. The molecule has 0 aromatic rings. The van der Waals surface area contributed by atoms with Crippen molar-refractivity contribution in [3.8, 4) is 0 Å². The number of hydrogen-bond acceptors (Lipinski definition) is 5. The summed E-state index contributed by atoms with van der Waals surface area (Å²) in [5, 5.41) is 0. The largest absolute Gasteiger partial charge is 0.381 e. The van der Waals surface area contributed by atoms with E-state index >= 15 is 0 Å². The average Bonchev–Trinajstić information content (AvgIpc) is 3.35. The summed E-state index contributed by atoms with van der Waals surface area (Å²) in [6.45, 7) is 9.14. The molecule has 1 spiro atoms. The van der Waals surface area contributed by atoms with Gasteiger partial charge in [-0.05, 0) is 76.0 Å². The SMILES string of the molecule is CCOC1(OC)CCC2C3CCC4CC5(CCC4(C(C)OC)C3CCC21C)OCCO5. The quantitative estimate of drug-likeness (QED) is 0.557. The number of hydrogen-bond donors (Lipinski definition) is 0.